The van der Waals surface area contributed by atoms with Crippen molar-refractivity contribution in [1.82, 2.24) is 9.97 Å². The van der Waals surface area contributed by atoms with Crippen LogP contribution in [0.2, 0.25) is 0 Å². The van der Waals surface area contributed by atoms with Gasteiger partial charge in [-0.2, -0.15) is 0 Å². The molecular weight excluding hydrogens is 216 g/mol. The summed E-state index contributed by atoms with van der Waals surface area (Å²) in [7, 11) is 1.56. The van der Waals surface area contributed by atoms with Crippen LogP contribution in [0.3, 0.4) is 0 Å². The summed E-state index contributed by atoms with van der Waals surface area (Å²) >= 11 is 0. The molecular formula is C13H14N2O2. The molecule has 0 fully saturated rings. The van der Waals surface area contributed by atoms with Crippen molar-refractivity contribution in [3.05, 3.63) is 41.7 Å². The minimum atomic E-state index is 0.474. The Morgan fingerprint density at radius 3 is 2.18 bits per heavy atom. The average molecular weight is 230 g/mol. The van der Waals surface area contributed by atoms with E-state index >= 15 is 0 Å². The van der Waals surface area contributed by atoms with E-state index in [0.717, 1.165) is 16.9 Å². The highest BCUT2D eigenvalue weighted by atomic mass is 16.5. The second-order valence-corrected chi connectivity index (χ2v) is 3.82. The number of aryl methyl sites for hydroxylation is 2. The van der Waals surface area contributed by atoms with E-state index in [2.05, 4.69) is 16.0 Å². The van der Waals surface area contributed by atoms with E-state index in [1.807, 2.05) is 26.0 Å². The fourth-order valence-corrected chi connectivity index (χ4v) is 1.60. The van der Waals surface area contributed by atoms with Crippen molar-refractivity contribution in [3.63, 3.8) is 0 Å². The predicted octanol–water partition coefficient (Wildman–Crippen LogP) is 2.89. The molecule has 0 bridgehead atoms. The van der Waals surface area contributed by atoms with Gasteiger partial charge in [-0.3, -0.25) is 0 Å². The molecule has 1 heterocycles. The first-order chi connectivity index (χ1) is 8.17. The number of rotatable bonds is 3. The number of hydrogen-bond acceptors (Lipinski definition) is 4. The van der Waals surface area contributed by atoms with Gasteiger partial charge in [0.2, 0.25) is 11.8 Å². The summed E-state index contributed by atoms with van der Waals surface area (Å²) in [4.78, 5) is 7.95. The van der Waals surface area contributed by atoms with Gasteiger partial charge in [0.05, 0.1) is 13.2 Å². The lowest BCUT2D eigenvalue weighted by molar-refractivity contribution is 0.388. The van der Waals surface area contributed by atoms with E-state index in [1.54, 1.807) is 13.2 Å². The molecule has 17 heavy (non-hydrogen) atoms. The van der Waals surface area contributed by atoms with E-state index in [0.29, 0.717) is 11.8 Å². The van der Waals surface area contributed by atoms with Gasteiger partial charge < -0.3 is 9.47 Å². The first-order valence-electron chi connectivity index (χ1n) is 5.29. The third kappa shape index (κ3) is 2.93. The van der Waals surface area contributed by atoms with Gasteiger partial charge in [-0.15, -0.1) is 0 Å². The van der Waals surface area contributed by atoms with Crippen LogP contribution < -0.4 is 9.47 Å². The summed E-state index contributed by atoms with van der Waals surface area (Å²) in [5.41, 5.74) is 2.31. The highest BCUT2D eigenvalue weighted by Crippen LogP contribution is 2.23. The summed E-state index contributed by atoms with van der Waals surface area (Å²) in [5.74, 6) is 1.73. The molecule has 0 saturated carbocycles. The number of ether oxygens (including phenoxy) is 2. The second kappa shape index (κ2) is 4.82. The lowest BCUT2D eigenvalue weighted by Crippen LogP contribution is -1.93. The summed E-state index contributed by atoms with van der Waals surface area (Å²) < 4.78 is 10.7. The molecule has 2 rings (SSSR count). The van der Waals surface area contributed by atoms with Gasteiger partial charge in [-0.1, -0.05) is 6.07 Å². The third-order valence-electron chi connectivity index (χ3n) is 2.24. The molecule has 0 amide bonds. The molecule has 1 aromatic heterocycles. The Balaban J connectivity index is 2.24. The quantitative estimate of drug-likeness (QED) is 0.813. The largest absolute Gasteiger partial charge is 0.481 e. The molecule has 4 heteroatoms. The third-order valence-corrected chi connectivity index (χ3v) is 2.24. The maximum Gasteiger partial charge on any atom is 0.226 e. The van der Waals surface area contributed by atoms with Crippen LogP contribution in [0.1, 0.15) is 11.1 Å². The van der Waals surface area contributed by atoms with Gasteiger partial charge in [0.1, 0.15) is 12.1 Å². The molecule has 0 radical (unpaired) electrons. The molecule has 0 aliphatic carbocycles. The number of benzene rings is 1. The number of aromatic nitrogens is 2. The van der Waals surface area contributed by atoms with Gasteiger partial charge in [0, 0.05) is 0 Å². The maximum absolute atomic E-state index is 5.65. The molecule has 4 nitrogen and oxygen atoms in total. The minimum Gasteiger partial charge on any atom is -0.481 e. The Morgan fingerprint density at radius 2 is 1.53 bits per heavy atom. The van der Waals surface area contributed by atoms with Gasteiger partial charge >= 0.3 is 0 Å². The SMILES string of the molecule is COc1cc(Oc2cc(C)cc(C)c2)ncn1. The van der Waals surface area contributed by atoms with Crippen LogP contribution in [0, 0.1) is 13.8 Å². The highest BCUT2D eigenvalue weighted by Gasteiger charge is 2.02. The van der Waals surface area contributed by atoms with Crippen molar-refractivity contribution in [1.29, 1.82) is 0 Å². The molecule has 1 aromatic carbocycles. The van der Waals surface area contributed by atoms with Crippen LogP contribution in [-0.2, 0) is 0 Å². The standard InChI is InChI=1S/C13H14N2O2/c1-9-4-10(2)6-11(5-9)17-13-7-12(16-3)14-8-15-13/h4-8H,1-3H3. The molecule has 0 aliphatic rings. The Kier molecular flexibility index (Phi) is 3.23. The second-order valence-electron chi connectivity index (χ2n) is 3.82. The number of methoxy groups -OCH3 is 1. The lowest BCUT2D eigenvalue weighted by Gasteiger charge is -2.07. The fraction of sp³-hybridized carbons (Fsp3) is 0.231. The molecule has 0 N–H and O–H groups in total. The summed E-state index contributed by atoms with van der Waals surface area (Å²) in [6.07, 6.45) is 1.41. The Labute approximate surface area is 100 Å². The zero-order chi connectivity index (χ0) is 12.3. The van der Waals surface area contributed by atoms with Crippen molar-refractivity contribution in [2.24, 2.45) is 0 Å². The summed E-state index contributed by atoms with van der Waals surface area (Å²) in [5, 5.41) is 0. The maximum atomic E-state index is 5.65. The lowest BCUT2D eigenvalue weighted by atomic mass is 10.1. The predicted molar refractivity (Wildman–Crippen MR) is 64.6 cm³/mol. The zero-order valence-electron chi connectivity index (χ0n) is 10.1. The van der Waals surface area contributed by atoms with Gasteiger partial charge in [-0.05, 0) is 37.1 Å². The van der Waals surface area contributed by atoms with Crippen molar-refractivity contribution in [3.8, 4) is 17.5 Å². The number of hydrogen-bond donors (Lipinski definition) is 0. The topological polar surface area (TPSA) is 44.2 Å². The summed E-state index contributed by atoms with van der Waals surface area (Å²) in [6, 6.07) is 7.66. The van der Waals surface area contributed by atoms with Gasteiger partial charge in [0.15, 0.2) is 0 Å². The molecule has 0 spiro atoms. The van der Waals surface area contributed by atoms with Crippen LogP contribution in [0.15, 0.2) is 30.6 Å². The molecule has 2 aromatic rings. The van der Waals surface area contributed by atoms with Crippen molar-refractivity contribution >= 4 is 0 Å². The van der Waals surface area contributed by atoms with E-state index < -0.39 is 0 Å². The summed E-state index contributed by atoms with van der Waals surface area (Å²) in [6.45, 7) is 4.06. The van der Waals surface area contributed by atoms with E-state index in [4.69, 9.17) is 9.47 Å². The molecule has 0 atom stereocenters. The van der Waals surface area contributed by atoms with Gasteiger partial charge in [-0.25, -0.2) is 9.97 Å². The smallest absolute Gasteiger partial charge is 0.226 e. The van der Waals surface area contributed by atoms with E-state index in [1.165, 1.54) is 6.33 Å². The van der Waals surface area contributed by atoms with Crippen LogP contribution in [-0.4, -0.2) is 17.1 Å². The van der Waals surface area contributed by atoms with Crippen molar-refractivity contribution in [2.75, 3.05) is 7.11 Å². The molecule has 0 unspecified atom stereocenters. The average Bonchev–Trinajstić information content (AvgIpc) is 2.28. The first-order valence-corrected chi connectivity index (χ1v) is 5.29. The molecule has 0 aliphatic heterocycles. The van der Waals surface area contributed by atoms with Gasteiger partial charge in [0.25, 0.3) is 0 Å². The van der Waals surface area contributed by atoms with Crippen LogP contribution >= 0.6 is 0 Å². The van der Waals surface area contributed by atoms with E-state index in [-0.39, 0.29) is 0 Å². The van der Waals surface area contributed by atoms with Crippen LogP contribution in [0.4, 0.5) is 0 Å². The Hall–Kier alpha value is -2.10. The Morgan fingerprint density at radius 1 is 0.882 bits per heavy atom. The fourth-order valence-electron chi connectivity index (χ4n) is 1.60. The zero-order valence-corrected chi connectivity index (χ0v) is 10.1. The normalized spacial score (nSPS) is 10.1. The van der Waals surface area contributed by atoms with Crippen LogP contribution in [0.5, 0.6) is 17.5 Å². The molecule has 0 saturated heterocycles. The van der Waals surface area contributed by atoms with Crippen molar-refractivity contribution in [2.45, 2.75) is 13.8 Å². The highest BCUT2D eigenvalue weighted by molar-refractivity contribution is 5.35. The number of nitrogens with zero attached hydrogens (tertiary/aromatic N) is 2. The first kappa shape index (κ1) is 11.4. The Bertz CT molecular complexity index is 506. The monoisotopic (exact) mass is 230 g/mol. The van der Waals surface area contributed by atoms with E-state index in [9.17, 15) is 0 Å². The van der Waals surface area contributed by atoms with Crippen LogP contribution in [0.25, 0.3) is 0 Å². The molecule has 88 valence electrons. The van der Waals surface area contributed by atoms with Crippen molar-refractivity contribution < 1.29 is 9.47 Å². The minimum absolute atomic E-state index is 0.474.